The van der Waals surface area contributed by atoms with Crippen molar-refractivity contribution in [3.05, 3.63) is 0 Å². The molecule has 4 unspecified atom stereocenters. The Balaban J connectivity index is 1.83. The van der Waals surface area contributed by atoms with Crippen LogP contribution in [-0.4, -0.2) is 36.0 Å². The van der Waals surface area contributed by atoms with Crippen LogP contribution in [0, 0.1) is 11.8 Å². The van der Waals surface area contributed by atoms with Crippen LogP contribution in [-0.2, 0) is 4.79 Å². The van der Waals surface area contributed by atoms with E-state index in [4.69, 9.17) is 0 Å². The van der Waals surface area contributed by atoms with E-state index >= 15 is 0 Å². The maximum atomic E-state index is 12.3. The molecule has 1 aliphatic heterocycles. The van der Waals surface area contributed by atoms with Gasteiger partial charge in [0.15, 0.2) is 0 Å². The van der Waals surface area contributed by atoms with Crippen molar-refractivity contribution in [2.75, 3.05) is 13.1 Å². The number of nitrogens with zero attached hydrogens (tertiary/aromatic N) is 1. The minimum Gasteiger partial charge on any atom is -0.341 e. The third kappa shape index (κ3) is 3.05. The molecule has 2 fully saturated rings. The topological polar surface area (TPSA) is 32.3 Å². The Bertz CT molecular complexity index is 286. The highest BCUT2D eigenvalue weighted by Crippen LogP contribution is 2.31. The second-order valence-electron chi connectivity index (χ2n) is 6.29. The molecule has 0 radical (unpaired) electrons. The Morgan fingerprint density at radius 2 is 1.83 bits per heavy atom. The molecule has 3 nitrogen and oxygen atoms in total. The van der Waals surface area contributed by atoms with Crippen LogP contribution in [0.15, 0.2) is 0 Å². The largest absolute Gasteiger partial charge is 0.341 e. The number of nitrogens with one attached hydrogen (secondary N) is 1. The van der Waals surface area contributed by atoms with Crippen molar-refractivity contribution in [3.8, 4) is 0 Å². The summed E-state index contributed by atoms with van der Waals surface area (Å²) in [4.78, 5) is 14.4. The maximum Gasteiger partial charge on any atom is 0.239 e. The van der Waals surface area contributed by atoms with Gasteiger partial charge in [0.1, 0.15) is 0 Å². The summed E-state index contributed by atoms with van der Waals surface area (Å²) in [5.74, 6) is 1.79. The summed E-state index contributed by atoms with van der Waals surface area (Å²) >= 11 is 0. The van der Waals surface area contributed by atoms with Crippen molar-refractivity contribution in [1.29, 1.82) is 0 Å². The first-order valence-electron chi connectivity index (χ1n) is 7.64. The Kier molecular flexibility index (Phi) is 4.66. The molecule has 4 atom stereocenters. The van der Waals surface area contributed by atoms with Gasteiger partial charge in [0.05, 0.1) is 6.04 Å². The zero-order chi connectivity index (χ0) is 13.1. The fraction of sp³-hybridized carbons (Fsp3) is 0.933. The SMILES string of the molecule is CC(NC1CCC(C)C1C)C(=O)N1CCCCC1. The summed E-state index contributed by atoms with van der Waals surface area (Å²) in [5.41, 5.74) is 0. The highest BCUT2D eigenvalue weighted by atomic mass is 16.2. The lowest BCUT2D eigenvalue weighted by atomic mass is 9.97. The quantitative estimate of drug-likeness (QED) is 0.836. The maximum absolute atomic E-state index is 12.3. The smallest absolute Gasteiger partial charge is 0.239 e. The van der Waals surface area contributed by atoms with E-state index in [0.29, 0.717) is 17.9 Å². The first kappa shape index (κ1) is 13.9. The van der Waals surface area contributed by atoms with Crippen LogP contribution in [0.2, 0.25) is 0 Å². The number of piperidine rings is 1. The van der Waals surface area contributed by atoms with E-state index in [1.54, 1.807) is 0 Å². The van der Waals surface area contributed by atoms with Gasteiger partial charge >= 0.3 is 0 Å². The molecule has 3 heteroatoms. The lowest BCUT2D eigenvalue weighted by Gasteiger charge is -2.31. The van der Waals surface area contributed by atoms with Crippen LogP contribution in [0.1, 0.15) is 52.9 Å². The molecule has 1 heterocycles. The molecule has 1 N–H and O–H groups in total. The van der Waals surface area contributed by atoms with Crippen molar-refractivity contribution in [1.82, 2.24) is 10.2 Å². The van der Waals surface area contributed by atoms with Crippen LogP contribution in [0.5, 0.6) is 0 Å². The predicted octanol–water partition coefficient (Wildman–Crippen LogP) is 2.41. The number of likely N-dealkylation sites (tertiary alicyclic amines) is 1. The molecule has 0 aromatic rings. The predicted molar refractivity (Wildman–Crippen MR) is 74.4 cm³/mol. The van der Waals surface area contributed by atoms with Gasteiger partial charge in [0.2, 0.25) is 5.91 Å². The Morgan fingerprint density at radius 1 is 1.17 bits per heavy atom. The zero-order valence-corrected chi connectivity index (χ0v) is 12.1. The second-order valence-corrected chi connectivity index (χ2v) is 6.29. The van der Waals surface area contributed by atoms with E-state index in [1.165, 1.54) is 32.1 Å². The Labute approximate surface area is 111 Å². The third-order valence-electron chi connectivity index (χ3n) is 4.97. The average Bonchev–Trinajstić information content (AvgIpc) is 2.71. The van der Waals surface area contributed by atoms with Crippen LogP contribution < -0.4 is 5.32 Å². The highest BCUT2D eigenvalue weighted by molar-refractivity contribution is 5.81. The van der Waals surface area contributed by atoms with Gasteiger partial charge in [-0.2, -0.15) is 0 Å². The van der Waals surface area contributed by atoms with Crippen LogP contribution >= 0.6 is 0 Å². The summed E-state index contributed by atoms with van der Waals surface area (Å²) in [6.07, 6.45) is 6.15. The van der Waals surface area contributed by atoms with Crippen molar-refractivity contribution < 1.29 is 4.79 Å². The third-order valence-corrected chi connectivity index (χ3v) is 4.97. The standard InChI is InChI=1S/C15H28N2O/c1-11-7-8-14(12(11)2)16-13(3)15(18)17-9-5-4-6-10-17/h11-14,16H,4-10H2,1-3H3. The normalized spacial score (nSPS) is 34.6. The highest BCUT2D eigenvalue weighted by Gasteiger charge is 2.32. The molecule has 1 saturated carbocycles. The number of rotatable bonds is 3. The van der Waals surface area contributed by atoms with E-state index in [0.717, 1.165) is 19.0 Å². The Hall–Kier alpha value is -0.570. The van der Waals surface area contributed by atoms with E-state index < -0.39 is 0 Å². The second kappa shape index (κ2) is 6.05. The summed E-state index contributed by atoms with van der Waals surface area (Å²) < 4.78 is 0. The van der Waals surface area contributed by atoms with Crippen molar-refractivity contribution in [3.63, 3.8) is 0 Å². The number of amides is 1. The van der Waals surface area contributed by atoms with Gasteiger partial charge in [-0.25, -0.2) is 0 Å². The minimum atomic E-state index is -0.0131. The monoisotopic (exact) mass is 252 g/mol. The molecule has 18 heavy (non-hydrogen) atoms. The molecule has 2 aliphatic rings. The molecule has 0 aromatic heterocycles. The average molecular weight is 252 g/mol. The lowest BCUT2D eigenvalue weighted by molar-refractivity contribution is -0.134. The van der Waals surface area contributed by atoms with Crippen LogP contribution in [0.4, 0.5) is 0 Å². The summed E-state index contributed by atoms with van der Waals surface area (Å²) in [5, 5.41) is 3.56. The number of hydrogen-bond donors (Lipinski definition) is 1. The van der Waals surface area contributed by atoms with Crippen molar-refractivity contribution in [2.45, 2.75) is 65.0 Å². The van der Waals surface area contributed by atoms with Gasteiger partial charge in [0, 0.05) is 19.1 Å². The fourth-order valence-electron chi connectivity index (χ4n) is 3.38. The molecule has 0 aromatic carbocycles. The minimum absolute atomic E-state index is 0.0131. The van der Waals surface area contributed by atoms with Gasteiger partial charge in [0.25, 0.3) is 0 Å². The van der Waals surface area contributed by atoms with E-state index in [2.05, 4.69) is 19.2 Å². The van der Waals surface area contributed by atoms with Crippen LogP contribution in [0.3, 0.4) is 0 Å². The van der Waals surface area contributed by atoms with Crippen molar-refractivity contribution >= 4 is 5.91 Å². The van der Waals surface area contributed by atoms with Gasteiger partial charge < -0.3 is 10.2 Å². The first-order chi connectivity index (χ1) is 8.59. The lowest BCUT2D eigenvalue weighted by Crippen LogP contribution is -2.50. The van der Waals surface area contributed by atoms with Crippen LogP contribution in [0.25, 0.3) is 0 Å². The van der Waals surface area contributed by atoms with E-state index in [1.807, 2.05) is 11.8 Å². The number of carbonyl (C=O) groups excluding carboxylic acids is 1. The zero-order valence-electron chi connectivity index (χ0n) is 12.1. The van der Waals surface area contributed by atoms with E-state index in [9.17, 15) is 4.79 Å². The molecular weight excluding hydrogens is 224 g/mol. The molecule has 2 rings (SSSR count). The number of carbonyl (C=O) groups is 1. The molecule has 1 saturated heterocycles. The fourth-order valence-corrected chi connectivity index (χ4v) is 3.38. The van der Waals surface area contributed by atoms with E-state index in [-0.39, 0.29) is 6.04 Å². The first-order valence-corrected chi connectivity index (χ1v) is 7.64. The molecule has 1 amide bonds. The van der Waals surface area contributed by atoms with Gasteiger partial charge in [-0.1, -0.05) is 13.8 Å². The molecule has 1 aliphatic carbocycles. The van der Waals surface area contributed by atoms with Crippen molar-refractivity contribution in [2.24, 2.45) is 11.8 Å². The van der Waals surface area contributed by atoms with Gasteiger partial charge in [-0.3, -0.25) is 4.79 Å². The molecule has 0 spiro atoms. The summed E-state index contributed by atoms with van der Waals surface area (Å²) in [6.45, 7) is 8.59. The molecular formula is C15H28N2O. The number of hydrogen-bond acceptors (Lipinski definition) is 2. The van der Waals surface area contributed by atoms with Gasteiger partial charge in [-0.05, 0) is 50.9 Å². The molecule has 0 bridgehead atoms. The Morgan fingerprint density at radius 3 is 2.39 bits per heavy atom. The summed E-state index contributed by atoms with van der Waals surface area (Å²) in [6, 6.07) is 0.518. The molecule has 104 valence electrons. The van der Waals surface area contributed by atoms with Gasteiger partial charge in [-0.15, -0.1) is 0 Å². The summed E-state index contributed by atoms with van der Waals surface area (Å²) in [7, 11) is 0.